The van der Waals surface area contributed by atoms with Crippen molar-refractivity contribution >= 4 is 47.2 Å². The molecule has 0 aliphatic heterocycles. The van der Waals surface area contributed by atoms with Gasteiger partial charge in [-0.25, -0.2) is 5.43 Å². The number of nitrogens with one attached hydrogen (secondary N) is 1. The SMILES string of the molecule is O=C(CSc1nnc(-c2ccc(Cl)cc2)n1-c1ccccc1)N/N=C/C=C/c1ccccc1[N+](=O)[O-]. The lowest BCUT2D eigenvalue weighted by molar-refractivity contribution is -0.385. The molecule has 0 saturated carbocycles. The van der Waals surface area contributed by atoms with E-state index >= 15 is 0 Å². The number of hydrogen-bond donors (Lipinski definition) is 1. The van der Waals surface area contributed by atoms with Gasteiger partial charge in [-0.05, 0) is 54.6 Å². The molecule has 4 rings (SSSR count). The number of thioether (sulfide) groups is 1. The smallest absolute Gasteiger partial charge is 0.272 e. The molecule has 9 nitrogen and oxygen atoms in total. The van der Waals surface area contributed by atoms with Crippen molar-refractivity contribution in [3.05, 3.63) is 106 Å². The molecule has 1 amide bonds. The van der Waals surface area contributed by atoms with E-state index in [4.69, 9.17) is 11.6 Å². The highest BCUT2D eigenvalue weighted by Crippen LogP contribution is 2.28. The van der Waals surface area contributed by atoms with Crippen LogP contribution < -0.4 is 5.43 Å². The molecule has 0 atom stereocenters. The van der Waals surface area contributed by atoms with Gasteiger partial charge in [0.2, 0.25) is 0 Å². The minimum absolute atomic E-state index is 0.0110. The molecule has 3 aromatic carbocycles. The van der Waals surface area contributed by atoms with E-state index < -0.39 is 4.92 Å². The van der Waals surface area contributed by atoms with Crippen LogP contribution in [-0.4, -0.2) is 37.6 Å². The molecule has 0 spiro atoms. The number of carbonyl (C=O) groups is 1. The molecule has 0 saturated heterocycles. The minimum Gasteiger partial charge on any atom is -0.272 e. The first-order chi connectivity index (χ1) is 17.5. The predicted molar refractivity (Wildman–Crippen MR) is 141 cm³/mol. The third kappa shape index (κ3) is 6.23. The van der Waals surface area contributed by atoms with Crippen LogP contribution in [-0.2, 0) is 4.79 Å². The van der Waals surface area contributed by atoms with Crippen LogP contribution in [0.2, 0.25) is 5.02 Å². The van der Waals surface area contributed by atoms with Crippen LogP contribution in [0.5, 0.6) is 0 Å². The van der Waals surface area contributed by atoms with E-state index in [9.17, 15) is 14.9 Å². The number of hydrogen-bond acceptors (Lipinski definition) is 7. The number of para-hydroxylation sites is 2. The monoisotopic (exact) mass is 518 g/mol. The molecule has 0 bridgehead atoms. The van der Waals surface area contributed by atoms with Crippen LogP contribution >= 0.6 is 23.4 Å². The zero-order valence-corrected chi connectivity index (χ0v) is 20.3. The average molecular weight is 519 g/mol. The Labute approximate surface area is 215 Å². The lowest BCUT2D eigenvalue weighted by Gasteiger charge is -2.10. The van der Waals surface area contributed by atoms with Gasteiger partial charge in [0.15, 0.2) is 11.0 Å². The number of nitrogens with zero attached hydrogens (tertiary/aromatic N) is 5. The van der Waals surface area contributed by atoms with Crippen molar-refractivity contribution in [2.24, 2.45) is 5.10 Å². The van der Waals surface area contributed by atoms with Gasteiger partial charge in [0.25, 0.3) is 11.6 Å². The summed E-state index contributed by atoms with van der Waals surface area (Å²) >= 11 is 7.24. The number of aromatic nitrogens is 3. The molecule has 1 heterocycles. The molecular formula is C25H19ClN6O3S. The summed E-state index contributed by atoms with van der Waals surface area (Å²) in [4.78, 5) is 22.9. The molecule has 0 aliphatic carbocycles. The van der Waals surface area contributed by atoms with Crippen LogP contribution in [0.15, 0.2) is 95.2 Å². The Morgan fingerprint density at radius 1 is 1.06 bits per heavy atom. The Kier molecular flexibility index (Phi) is 8.22. The van der Waals surface area contributed by atoms with Gasteiger partial charge in [-0.15, -0.1) is 10.2 Å². The minimum atomic E-state index is -0.456. The summed E-state index contributed by atoms with van der Waals surface area (Å²) in [7, 11) is 0. The van der Waals surface area contributed by atoms with Gasteiger partial charge in [-0.3, -0.25) is 19.5 Å². The summed E-state index contributed by atoms with van der Waals surface area (Å²) in [6, 6.07) is 23.2. The Bertz CT molecular complexity index is 1420. The summed E-state index contributed by atoms with van der Waals surface area (Å²) < 4.78 is 1.87. The lowest BCUT2D eigenvalue weighted by atomic mass is 10.2. The Morgan fingerprint density at radius 3 is 2.53 bits per heavy atom. The third-order valence-electron chi connectivity index (χ3n) is 4.84. The molecule has 0 unspecified atom stereocenters. The fourth-order valence-electron chi connectivity index (χ4n) is 3.22. The lowest BCUT2D eigenvalue weighted by Crippen LogP contribution is -2.19. The van der Waals surface area contributed by atoms with Crippen LogP contribution in [0.3, 0.4) is 0 Å². The molecule has 1 N–H and O–H groups in total. The van der Waals surface area contributed by atoms with Gasteiger partial charge in [0, 0.05) is 28.6 Å². The molecule has 1 aromatic heterocycles. The molecule has 180 valence electrons. The fraction of sp³-hybridized carbons (Fsp3) is 0.0400. The van der Waals surface area contributed by atoms with Crippen LogP contribution in [0.4, 0.5) is 5.69 Å². The molecule has 0 aliphatic rings. The largest absolute Gasteiger partial charge is 0.276 e. The van der Waals surface area contributed by atoms with Crippen molar-refractivity contribution in [2.75, 3.05) is 5.75 Å². The Morgan fingerprint density at radius 2 is 1.78 bits per heavy atom. The van der Waals surface area contributed by atoms with Gasteiger partial charge in [-0.1, -0.05) is 53.7 Å². The van der Waals surface area contributed by atoms with Crippen LogP contribution in [0, 0.1) is 10.1 Å². The number of allylic oxidation sites excluding steroid dienone is 1. The van der Waals surface area contributed by atoms with Crippen LogP contribution in [0.1, 0.15) is 5.56 Å². The van der Waals surface area contributed by atoms with Gasteiger partial charge in [0.05, 0.1) is 16.2 Å². The molecule has 36 heavy (non-hydrogen) atoms. The highest BCUT2D eigenvalue weighted by Gasteiger charge is 2.17. The standard InChI is InChI=1S/C25H19ClN6O3S/c26-20-14-12-19(13-15-20)24-29-30-25(31(24)21-9-2-1-3-10-21)36-17-23(33)28-27-16-6-8-18-7-4-5-11-22(18)32(34)35/h1-16H,17H2,(H,28,33)/b8-6+,27-16+. The van der Waals surface area contributed by atoms with Gasteiger partial charge in [0.1, 0.15) is 0 Å². The number of nitro benzene ring substituents is 1. The highest BCUT2D eigenvalue weighted by molar-refractivity contribution is 7.99. The van der Waals surface area contributed by atoms with E-state index in [0.717, 1.165) is 11.3 Å². The maximum absolute atomic E-state index is 12.3. The molecule has 0 radical (unpaired) electrons. The van der Waals surface area contributed by atoms with E-state index in [2.05, 4.69) is 20.7 Å². The van der Waals surface area contributed by atoms with Gasteiger partial charge < -0.3 is 0 Å². The van der Waals surface area contributed by atoms with Crippen molar-refractivity contribution < 1.29 is 9.72 Å². The quantitative estimate of drug-likeness (QED) is 0.137. The van der Waals surface area contributed by atoms with Gasteiger partial charge in [-0.2, -0.15) is 5.10 Å². The number of nitro groups is 1. The first kappa shape index (κ1) is 24.8. The summed E-state index contributed by atoms with van der Waals surface area (Å²) in [6.45, 7) is 0. The summed E-state index contributed by atoms with van der Waals surface area (Å²) in [6.07, 6.45) is 4.41. The fourth-order valence-corrected chi connectivity index (χ4v) is 4.09. The van der Waals surface area contributed by atoms with Crippen molar-refractivity contribution in [1.82, 2.24) is 20.2 Å². The number of benzene rings is 3. The Hall–Kier alpha value is -4.28. The molecular weight excluding hydrogens is 500 g/mol. The number of carbonyl (C=O) groups excluding carboxylic acids is 1. The third-order valence-corrected chi connectivity index (χ3v) is 6.02. The summed E-state index contributed by atoms with van der Waals surface area (Å²) in [5, 5.41) is 24.7. The predicted octanol–water partition coefficient (Wildman–Crippen LogP) is 5.40. The van der Waals surface area contributed by atoms with E-state index in [1.165, 1.54) is 30.1 Å². The van der Waals surface area contributed by atoms with Gasteiger partial charge >= 0.3 is 0 Å². The second-order valence-electron chi connectivity index (χ2n) is 7.26. The van der Waals surface area contributed by atoms with E-state index in [0.29, 0.717) is 21.6 Å². The zero-order chi connectivity index (χ0) is 25.3. The number of halogens is 1. The molecule has 4 aromatic rings. The van der Waals surface area contributed by atoms with E-state index in [1.807, 2.05) is 47.0 Å². The summed E-state index contributed by atoms with van der Waals surface area (Å²) in [5.41, 5.74) is 4.55. The number of amides is 1. The maximum atomic E-state index is 12.3. The van der Waals surface area contributed by atoms with E-state index in [1.54, 1.807) is 36.4 Å². The maximum Gasteiger partial charge on any atom is 0.276 e. The van der Waals surface area contributed by atoms with Crippen molar-refractivity contribution in [3.8, 4) is 17.1 Å². The summed E-state index contributed by atoms with van der Waals surface area (Å²) in [5.74, 6) is 0.335. The average Bonchev–Trinajstić information content (AvgIpc) is 3.32. The highest BCUT2D eigenvalue weighted by atomic mass is 35.5. The second kappa shape index (κ2) is 11.9. The number of hydrazone groups is 1. The topological polar surface area (TPSA) is 115 Å². The Balaban J connectivity index is 1.42. The molecule has 0 fully saturated rings. The van der Waals surface area contributed by atoms with E-state index in [-0.39, 0.29) is 17.3 Å². The van der Waals surface area contributed by atoms with Crippen molar-refractivity contribution in [2.45, 2.75) is 5.16 Å². The normalized spacial score (nSPS) is 11.2. The van der Waals surface area contributed by atoms with Crippen molar-refractivity contribution in [3.63, 3.8) is 0 Å². The first-order valence-corrected chi connectivity index (χ1v) is 12.0. The number of rotatable bonds is 9. The molecule has 11 heteroatoms. The first-order valence-electron chi connectivity index (χ1n) is 10.6. The second-order valence-corrected chi connectivity index (χ2v) is 8.64. The van der Waals surface area contributed by atoms with Crippen molar-refractivity contribution in [1.29, 1.82) is 0 Å². The zero-order valence-electron chi connectivity index (χ0n) is 18.7. The van der Waals surface area contributed by atoms with Crippen LogP contribution in [0.25, 0.3) is 23.2 Å².